The maximum atomic E-state index is 11.1. The van der Waals surface area contributed by atoms with Crippen molar-refractivity contribution in [3.05, 3.63) is 0 Å². The summed E-state index contributed by atoms with van der Waals surface area (Å²) in [4.78, 5) is 11.1. The Balaban J connectivity index is 3.05. The minimum atomic E-state index is -0.212. The Morgan fingerprint density at radius 2 is 1.33 bits per heavy atom. The van der Waals surface area contributed by atoms with Gasteiger partial charge >= 0.3 is 5.97 Å². The van der Waals surface area contributed by atoms with Crippen LogP contribution in [0.5, 0.6) is 0 Å². The number of aliphatic hydroxyl groups excluding tert-OH is 1. The van der Waals surface area contributed by atoms with Crippen LogP contribution in [0.4, 0.5) is 0 Å². The molecule has 0 aliphatic rings. The number of carbonyl (C=O) groups excluding carboxylic acids is 1. The Bertz CT molecular complexity index is 195. The molecule has 0 amide bonds. The van der Waals surface area contributed by atoms with Gasteiger partial charge < -0.3 is 24.1 Å². The maximum absolute atomic E-state index is 11.1. The van der Waals surface area contributed by atoms with Gasteiger partial charge in [-0.3, -0.25) is 4.79 Å². The van der Waals surface area contributed by atoms with Crippen molar-refractivity contribution < 1.29 is 28.8 Å². The SMILES string of the molecule is CC(C)C(=O)OCCOCCOCCOCCO. The summed E-state index contributed by atoms with van der Waals surface area (Å²) in [6.07, 6.45) is 0. The number of ether oxygens (including phenoxy) is 4. The largest absolute Gasteiger partial charge is 0.463 e. The summed E-state index contributed by atoms with van der Waals surface area (Å²) >= 11 is 0. The number of aliphatic hydroxyl groups is 1. The zero-order valence-electron chi connectivity index (χ0n) is 11.2. The molecule has 0 aromatic heterocycles. The van der Waals surface area contributed by atoms with Crippen LogP contribution in [-0.2, 0) is 23.7 Å². The Kier molecular flexibility index (Phi) is 12.3. The van der Waals surface area contributed by atoms with Crippen molar-refractivity contribution in [1.29, 1.82) is 0 Å². The molecule has 0 aromatic carbocycles. The summed E-state index contributed by atoms with van der Waals surface area (Å²) in [5.41, 5.74) is 0. The molecule has 0 bridgehead atoms. The third-order valence-electron chi connectivity index (χ3n) is 1.92. The number of esters is 1. The van der Waals surface area contributed by atoms with Gasteiger partial charge in [0.05, 0.1) is 52.2 Å². The standard InChI is InChI=1S/C12H24O6/c1-11(2)12(14)18-10-9-17-8-7-16-6-5-15-4-3-13/h11,13H,3-10H2,1-2H3. The Labute approximate surface area is 108 Å². The molecule has 0 fully saturated rings. The summed E-state index contributed by atoms with van der Waals surface area (Å²) in [6.45, 7) is 6.46. The Hall–Kier alpha value is -0.690. The molecular formula is C12H24O6. The lowest BCUT2D eigenvalue weighted by atomic mass is 10.2. The van der Waals surface area contributed by atoms with Crippen molar-refractivity contribution in [2.75, 3.05) is 52.9 Å². The predicted octanol–water partition coefficient (Wildman–Crippen LogP) is 0.228. The second-order valence-electron chi connectivity index (χ2n) is 3.88. The molecule has 108 valence electrons. The van der Waals surface area contributed by atoms with Gasteiger partial charge in [0.25, 0.3) is 0 Å². The van der Waals surface area contributed by atoms with E-state index in [2.05, 4.69) is 0 Å². The van der Waals surface area contributed by atoms with E-state index in [4.69, 9.17) is 24.1 Å². The fourth-order valence-electron chi connectivity index (χ4n) is 0.974. The van der Waals surface area contributed by atoms with Gasteiger partial charge in [-0.05, 0) is 0 Å². The van der Waals surface area contributed by atoms with Crippen LogP contribution < -0.4 is 0 Å². The topological polar surface area (TPSA) is 74.2 Å². The smallest absolute Gasteiger partial charge is 0.308 e. The van der Waals surface area contributed by atoms with E-state index >= 15 is 0 Å². The number of carbonyl (C=O) groups is 1. The fraction of sp³-hybridized carbons (Fsp3) is 0.917. The lowest BCUT2D eigenvalue weighted by molar-refractivity contribution is -0.149. The minimum absolute atomic E-state index is 0.0260. The molecule has 0 heterocycles. The molecule has 1 N–H and O–H groups in total. The first-order chi connectivity index (χ1) is 8.68. The molecule has 6 nitrogen and oxygen atoms in total. The van der Waals surface area contributed by atoms with Gasteiger partial charge in [0.2, 0.25) is 0 Å². The molecule has 0 atom stereocenters. The molecule has 0 aliphatic carbocycles. The average Bonchev–Trinajstić information content (AvgIpc) is 2.35. The van der Waals surface area contributed by atoms with Crippen LogP contribution >= 0.6 is 0 Å². The Morgan fingerprint density at radius 1 is 0.889 bits per heavy atom. The van der Waals surface area contributed by atoms with Crippen LogP contribution in [0.2, 0.25) is 0 Å². The second kappa shape index (κ2) is 12.8. The van der Waals surface area contributed by atoms with Crippen molar-refractivity contribution in [3.63, 3.8) is 0 Å². The molecule has 0 unspecified atom stereocenters. The first-order valence-corrected chi connectivity index (χ1v) is 6.19. The van der Waals surface area contributed by atoms with E-state index in [-0.39, 0.29) is 25.1 Å². The highest BCUT2D eigenvalue weighted by Crippen LogP contribution is 1.95. The van der Waals surface area contributed by atoms with Gasteiger partial charge in [0.1, 0.15) is 6.61 Å². The van der Waals surface area contributed by atoms with Crippen LogP contribution in [0.1, 0.15) is 13.8 Å². The molecule has 6 heteroatoms. The highest BCUT2D eigenvalue weighted by Gasteiger charge is 2.06. The van der Waals surface area contributed by atoms with Crippen LogP contribution in [0.3, 0.4) is 0 Å². The quantitative estimate of drug-likeness (QED) is 0.402. The van der Waals surface area contributed by atoms with E-state index in [1.807, 2.05) is 0 Å². The van der Waals surface area contributed by atoms with Crippen LogP contribution in [0.15, 0.2) is 0 Å². The lowest BCUT2D eigenvalue weighted by Crippen LogP contribution is -2.16. The number of hydrogen-bond donors (Lipinski definition) is 1. The van der Waals surface area contributed by atoms with Crippen molar-refractivity contribution in [3.8, 4) is 0 Å². The van der Waals surface area contributed by atoms with Crippen molar-refractivity contribution in [2.24, 2.45) is 5.92 Å². The Morgan fingerprint density at radius 3 is 1.78 bits per heavy atom. The van der Waals surface area contributed by atoms with Gasteiger partial charge in [0.15, 0.2) is 0 Å². The van der Waals surface area contributed by atoms with Crippen molar-refractivity contribution in [2.45, 2.75) is 13.8 Å². The normalized spacial score (nSPS) is 10.9. The second-order valence-corrected chi connectivity index (χ2v) is 3.88. The molecule has 0 aliphatic heterocycles. The molecule has 0 aromatic rings. The molecule has 0 radical (unpaired) electrons. The van der Waals surface area contributed by atoms with Gasteiger partial charge in [-0.1, -0.05) is 13.8 Å². The van der Waals surface area contributed by atoms with E-state index in [0.29, 0.717) is 39.6 Å². The molecule has 18 heavy (non-hydrogen) atoms. The van der Waals surface area contributed by atoms with E-state index in [1.165, 1.54) is 0 Å². The summed E-state index contributed by atoms with van der Waals surface area (Å²) in [6, 6.07) is 0. The van der Waals surface area contributed by atoms with Gasteiger partial charge in [-0.2, -0.15) is 0 Å². The van der Waals surface area contributed by atoms with Gasteiger partial charge in [-0.25, -0.2) is 0 Å². The molecular weight excluding hydrogens is 240 g/mol. The van der Waals surface area contributed by atoms with Crippen LogP contribution in [0.25, 0.3) is 0 Å². The lowest BCUT2D eigenvalue weighted by Gasteiger charge is -2.08. The van der Waals surface area contributed by atoms with Crippen molar-refractivity contribution >= 4 is 5.97 Å². The van der Waals surface area contributed by atoms with Crippen molar-refractivity contribution in [1.82, 2.24) is 0 Å². The summed E-state index contributed by atoms with van der Waals surface area (Å²) < 4.78 is 20.3. The third kappa shape index (κ3) is 11.8. The van der Waals surface area contributed by atoms with Gasteiger partial charge in [0, 0.05) is 0 Å². The van der Waals surface area contributed by atoms with Gasteiger partial charge in [-0.15, -0.1) is 0 Å². The van der Waals surface area contributed by atoms with Crippen LogP contribution in [0, 0.1) is 5.92 Å². The molecule has 0 saturated carbocycles. The summed E-state index contributed by atoms with van der Waals surface area (Å²) in [5.74, 6) is -0.317. The van der Waals surface area contributed by atoms with E-state index in [9.17, 15) is 4.79 Å². The zero-order valence-corrected chi connectivity index (χ0v) is 11.2. The highest BCUT2D eigenvalue weighted by atomic mass is 16.6. The molecule has 0 saturated heterocycles. The fourth-order valence-corrected chi connectivity index (χ4v) is 0.974. The monoisotopic (exact) mass is 264 g/mol. The van der Waals surface area contributed by atoms with E-state index < -0.39 is 0 Å². The number of rotatable bonds is 12. The summed E-state index contributed by atoms with van der Waals surface area (Å²) in [5, 5.41) is 8.44. The predicted molar refractivity (Wildman–Crippen MR) is 65.3 cm³/mol. The average molecular weight is 264 g/mol. The zero-order chi connectivity index (χ0) is 13.6. The van der Waals surface area contributed by atoms with E-state index in [0.717, 1.165) is 0 Å². The molecule has 0 rings (SSSR count). The third-order valence-corrected chi connectivity index (χ3v) is 1.92. The first kappa shape index (κ1) is 17.3. The summed E-state index contributed by atoms with van der Waals surface area (Å²) in [7, 11) is 0. The minimum Gasteiger partial charge on any atom is -0.463 e. The maximum Gasteiger partial charge on any atom is 0.308 e. The first-order valence-electron chi connectivity index (χ1n) is 6.19. The molecule has 0 spiro atoms. The number of hydrogen-bond acceptors (Lipinski definition) is 6. The highest BCUT2D eigenvalue weighted by molar-refractivity contribution is 5.71. The van der Waals surface area contributed by atoms with Crippen LogP contribution in [-0.4, -0.2) is 63.9 Å². The van der Waals surface area contributed by atoms with E-state index in [1.54, 1.807) is 13.8 Å².